The van der Waals surface area contributed by atoms with Crippen molar-refractivity contribution in [1.29, 1.82) is 0 Å². The zero-order valence-electron chi connectivity index (χ0n) is 10.7. The van der Waals surface area contributed by atoms with E-state index in [0.717, 1.165) is 11.3 Å². The average molecular weight is 298 g/mol. The van der Waals surface area contributed by atoms with Crippen molar-refractivity contribution in [3.05, 3.63) is 36.2 Å². The Morgan fingerprint density at radius 1 is 1.24 bits per heavy atom. The fourth-order valence-corrected chi connectivity index (χ4v) is 3.45. The maximum atomic E-state index is 12.2. The van der Waals surface area contributed by atoms with Crippen molar-refractivity contribution in [2.75, 3.05) is 11.1 Å². The van der Waals surface area contributed by atoms with Gasteiger partial charge in [-0.25, -0.2) is 9.97 Å². The number of nitrogens with zero attached hydrogens (tertiary/aromatic N) is 3. The lowest BCUT2D eigenvalue weighted by molar-refractivity contribution is -0.115. The van der Waals surface area contributed by atoms with Crippen LogP contribution in [0.5, 0.6) is 0 Å². The van der Waals surface area contributed by atoms with E-state index in [-0.39, 0.29) is 17.1 Å². The molecule has 3 aromatic rings. The SMILES string of the molecule is Nc1nc(SC2C(=O)Nc3ccccc32)c2[nH]cnc2n1. The molecule has 1 aliphatic rings. The molecule has 8 heteroatoms. The number of nitrogens with two attached hydrogens (primary N) is 1. The van der Waals surface area contributed by atoms with E-state index in [1.807, 2.05) is 24.3 Å². The Kier molecular flexibility index (Phi) is 2.58. The summed E-state index contributed by atoms with van der Waals surface area (Å²) in [6, 6.07) is 7.61. The quantitative estimate of drug-likeness (QED) is 0.621. The molecule has 7 nitrogen and oxygen atoms in total. The molecular weight excluding hydrogens is 288 g/mol. The molecule has 104 valence electrons. The molecule has 1 atom stereocenters. The summed E-state index contributed by atoms with van der Waals surface area (Å²) >= 11 is 1.34. The maximum absolute atomic E-state index is 12.2. The van der Waals surface area contributed by atoms with Gasteiger partial charge in [-0.1, -0.05) is 30.0 Å². The average Bonchev–Trinajstić information content (AvgIpc) is 3.04. The highest BCUT2D eigenvalue weighted by Crippen LogP contribution is 2.43. The molecule has 0 saturated carbocycles. The second-order valence-electron chi connectivity index (χ2n) is 4.56. The number of anilines is 2. The molecular formula is C13H10N6OS. The smallest absolute Gasteiger partial charge is 0.242 e. The van der Waals surface area contributed by atoms with Crippen LogP contribution in [0.2, 0.25) is 0 Å². The Bertz CT molecular complexity index is 861. The number of hydrogen-bond donors (Lipinski definition) is 3. The van der Waals surface area contributed by atoms with Crippen LogP contribution in [0.1, 0.15) is 10.8 Å². The number of carbonyl (C=O) groups is 1. The molecule has 4 rings (SSSR count). The molecule has 0 saturated heterocycles. The lowest BCUT2D eigenvalue weighted by Crippen LogP contribution is -2.09. The normalized spacial score (nSPS) is 17.0. The van der Waals surface area contributed by atoms with E-state index < -0.39 is 0 Å². The zero-order valence-corrected chi connectivity index (χ0v) is 11.5. The van der Waals surface area contributed by atoms with Gasteiger partial charge in [0.05, 0.1) is 6.33 Å². The number of nitrogens with one attached hydrogen (secondary N) is 2. The molecule has 1 amide bonds. The Morgan fingerprint density at radius 3 is 3.00 bits per heavy atom. The number of amides is 1. The van der Waals surface area contributed by atoms with Gasteiger partial charge in [-0.05, 0) is 11.6 Å². The summed E-state index contributed by atoms with van der Waals surface area (Å²) < 4.78 is 0. The minimum atomic E-state index is -0.359. The number of hydrogen-bond acceptors (Lipinski definition) is 6. The van der Waals surface area contributed by atoms with Crippen LogP contribution < -0.4 is 11.1 Å². The Morgan fingerprint density at radius 2 is 2.10 bits per heavy atom. The molecule has 0 aliphatic carbocycles. The first-order valence-corrected chi connectivity index (χ1v) is 7.13. The largest absolute Gasteiger partial charge is 0.368 e. The lowest BCUT2D eigenvalue weighted by atomic mass is 10.2. The van der Waals surface area contributed by atoms with Gasteiger partial charge in [0.1, 0.15) is 15.8 Å². The van der Waals surface area contributed by atoms with Crippen LogP contribution in [0.3, 0.4) is 0 Å². The van der Waals surface area contributed by atoms with Crippen LogP contribution >= 0.6 is 11.8 Å². The van der Waals surface area contributed by atoms with Gasteiger partial charge in [-0.3, -0.25) is 4.79 Å². The van der Waals surface area contributed by atoms with Gasteiger partial charge in [0.2, 0.25) is 11.9 Å². The summed E-state index contributed by atoms with van der Waals surface area (Å²) in [7, 11) is 0. The third-order valence-corrected chi connectivity index (χ3v) is 4.46. The minimum absolute atomic E-state index is 0.0638. The fraction of sp³-hybridized carbons (Fsp3) is 0.0769. The van der Waals surface area contributed by atoms with E-state index in [1.54, 1.807) is 0 Å². The van der Waals surface area contributed by atoms with Crippen molar-refractivity contribution < 1.29 is 4.79 Å². The number of para-hydroxylation sites is 1. The van der Waals surface area contributed by atoms with Gasteiger partial charge in [0.15, 0.2) is 5.65 Å². The molecule has 21 heavy (non-hydrogen) atoms. The highest BCUT2D eigenvalue weighted by Gasteiger charge is 2.32. The molecule has 1 unspecified atom stereocenters. The third-order valence-electron chi connectivity index (χ3n) is 3.24. The zero-order chi connectivity index (χ0) is 14.4. The fourth-order valence-electron chi connectivity index (χ4n) is 2.32. The van der Waals surface area contributed by atoms with Crippen LogP contribution in [0.4, 0.5) is 11.6 Å². The molecule has 0 bridgehead atoms. The Labute approximate surface area is 123 Å². The summed E-state index contributed by atoms with van der Waals surface area (Å²) in [5.74, 6) is 0.0786. The van der Waals surface area contributed by atoms with Crippen molar-refractivity contribution in [3.8, 4) is 0 Å². The number of aromatic amines is 1. The molecule has 0 fully saturated rings. The number of nitrogen functional groups attached to an aromatic ring is 1. The monoisotopic (exact) mass is 298 g/mol. The predicted molar refractivity (Wildman–Crippen MR) is 79.8 cm³/mol. The lowest BCUT2D eigenvalue weighted by Gasteiger charge is -2.08. The van der Waals surface area contributed by atoms with Crippen molar-refractivity contribution in [2.24, 2.45) is 0 Å². The number of rotatable bonds is 2. The number of carbonyl (C=O) groups excluding carboxylic acids is 1. The summed E-state index contributed by atoms with van der Waals surface area (Å²) in [5, 5.41) is 3.12. The van der Waals surface area contributed by atoms with Gasteiger partial charge in [-0.15, -0.1) is 0 Å². The van der Waals surface area contributed by atoms with Crippen LogP contribution in [-0.4, -0.2) is 25.8 Å². The number of H-pyrrole nitrogens is 1. The molecule has 4 N–H and O–H groups in total. The van der Waals surface area contributed by atoms with Crippen molar-refractivity contribution in [3.63, 3.8) is 0 Å². The van der Waals surface area contributed by atoms with Gasteiger partial charge in [-0.2, -0.15) is 4.98 Å². The summed E-state index contributed by atoms with van der Waals surface area (Å²) in [5.41, 5.74) is 8.66. The summed E-state index contributed by atoms with van der Waals surface area (Å²) in [6.07, 6.45) is 1.53. The van der Waals surface area contributed by atoms with E-state index in [4.69, 9.17) is 5.73 Å². The van der Waals surface area contributed by atoms with E-state index in [0.29, 0.717) is 16.2 Å². The second-order valence-corrected chi connectivity index (χ2v) is 5.66. The summed E-state index contributed by atoms with van der Waals surface area (Å²) in [6.45, 7) is 0. The number of fused-ring (bicyclic) bond motifs is 2. The first kappa shape index (κ1) is 12.2. The first-order valence-electron chi connectivity index (χ1n) is 6.25. The molecule has 1 aliphatic heterocycles. The topological polar surface area (TPSA) is 110 Å². The van der Waals surface area contributed by atoms with E-state index in [9.17, 15) is 4.79 Å². The van der Waals surface area contributed by atoms with E-state index in [1.165, 1.54) is 18.1 Å². The Hall–Kier alpha value is -2.61. The third kappa shape index (κ3) is 1.91. The minimum Gasteiger partial charge on any atom is -0.368 e. The van der Waals surface area contributed by atoms with Gasteiger partial charge in [0.25, 0.3) is 0 Å². The Balaban J connectivity index is 1.78. The number of thioether (sulfide) groups is 1. The van der Waals surface area contributed by atoms with Crippen molar-refractivity contribution in [1.82, 2.24) is 19.9 Å². The molecule has 0 spiro atoms. The predicted octanol–water partition coefficient (Wildman–Crippen LogP) is 1.72. The standard InChI is InChI=1S/C13H10N6OS/c14-13-18-10-8(15-5-16-10)12(19-13)21-9-6-3-1-2-4-7(6)17-11(9)20/h1-5,9H,(H,17,20)(H3,14,15,16,18,19). The van der Waals surface area contributed by atoms with Gasteiger partial charge >= 0.3 is 0 Å². The van der Waals surface area contributed by atoms with Crippen molar-refractivity contribution >= 4 is 40.5 Å². The molecule has 2 aromatic heterocycles. The van der Waals surface area contributed by atoms with Crippen LogP contribution in [0.25, 0.3) is 11.2 Å². The van der Waals surface area contributed by atoms with E-state index >= 15 is 0 Å². The number of aromatic nitrogens is 4. The van der Waals surface area contributed by atoms with E-state index in [2.05, 4.69) is 25.3 Å². The summed E-state index contributed by atoms with van der Waals surface area (Å²) in [4.78, 5) is 27.5. The number of benzene rings is 1. The highest BCUT2D eigenvalue weighted by atomic mass is 32.2. The van der Waals surface area contributed by atoms with Crippen molar-refractivity contribution in [2.45, 2.75) is 10.3 Å². The second kappa shape index (κ2) is 4.45. The number of imidazole rings is 1. The molecule has 0 radical (unpaired) electrons. The first-order chi connectivity index (χ1) is 10.2. The van der Waals surface area contributed by atoms with Crippen LogP contribution in [0.15, 0.2) is 35.6 Å². The van der Waals surface area contributed by atoms with Crippen LogP contribution in [0, 0.1) is 0 Å². The van der Waals surface area contributed by atoms with Gasteiger partial charge in [0, 0.05) is 5.69 Å². The van der Waals surface area contributed by atoms with Crippen LogP contribution in [-0.2, 0) is 4.79 Å². The molecule has 1 aromatic carbocycles. The maximum Gasteiger partial charge on any atom is 0.242 e. The molecule has 3 heterocycles. The highest BCUT2D eigenvalue weighted by molar-refractivity contribution is 8.00. The van der Waals surface area contributed by atoms with Gasteiger partial charge < -0.3 is 16.0 Å².